The van der Waals surface area contributed by atoms with Gasteiger partial charge >= 0.3 is 12.2 Å². The highest BCUT2D eigenvalue weighted by molar-refractivity contribution is 5.75. The normalized spacial score (nSPS) is 17.4. The van der Waals surface area contributed by atoms with Crippen LogP contribution in [0.15, 0.2) is 30.7 Å². The summed E-state index contributed by atoms with van der Waals surface area (Å²) >= 11 is 0. The van der Waals surface area contributed by atoms with Crippen molar-refractivity contribution < 1.29 is 22.7 Å². The lowest BCUT2D eigenvalue weighted by molar-refractivity contribution is -0.162. The summed E-state index contributed by atoms with van der Waals surface area (Å²) in [4.78, 5) is 23.3. The van der Waals surface area contributed by atoms with Crippen molar-refractivity contribution in [2.75, 3.05) is 25.9 Å². The average molecular weight is 559 g/mol. The van der Waals surface area contributed by atoms with Gasteiger partial charge in [0.15, 0.2) is 11.6 Å². The van der Waals surface area contributed by atoms with Gasteiger partial charge in [-0.3, -0.25) is 4.68 Å². The third-order valence-electron chi connectivity index (χ3n) is 7.68. The van der Waals surface area contributed by atoms with E-state index in [-0.39, 0.29) is 31.1 Å². The van der Waals surface area contributed by atoms with Crippen LogP contribution in [0.25, 0.3) is 11.3 Å². The van der Waals surface area contributed by atoms with Crippen LogP contribution in [0.2, 0.25) is 0 Å². The summed E-state index contributed by atoms with van der Waals surface area (Å²) in [7, 11) is 2.11. The first kappa shape index (κ1) is 27.7. The molecule has 0 atom stereocenters. The van der Waals surface area contributed by atoms with Crippen molar-refractivity contribution in [1.29, 1.82) is 0 Å². The number of anilines is 1. The molecule has 0 radical (unpaired) electrons. The molecule has 214 valence electrons. The second-order valence-corrected chi connectivity index (χ2v) is 10.7. The molecule has 1 aliphatic carbocycles. The van der Waals surface area contributed by atoms with Crippen LogP contribution in [-0.4, -0.2) is 62.5 Å². The van der Waals surface area contributed by atoms with Crippen LogP contribution >= 0.6 is 0 Å². The lowest BCUT2D eigenvalue weighted by Gasteiger charge is -2.28. The molecule has 3 aromatic rings. The number of nitrogens with two attached hydrogens (primary N) is 1. The molecule has 0 spiro atoms. The maximum Gasteiger partial charge on any atom is 0.411 e. The summed E-state index contributed by atoms with van der Waals surface area (Å²) in [5.74, 6) is 0.822. The standard InChI is InChI=1S/C27H33F3N8O2/c1-16-10-18(11-17(2)21(16)13-33-25(39)36-26(6-7-26)27(28,29)30)22-14-32-23(31)24(35-22)40-20-12-34-38(15-20)19-4-8-37(3)9-5-19/h10-12,14-15,19H,4-9,13H2,1-3H3,(H2,31,32)(H2,33,36,39). The zero-order valence-electron chi connectivity index (χ0n) is 22.7. The van der Waals surface area contributed by atoms with Gasteiger partial charge in [-0.05, 0) is 88.5 Å². The highest BCUT2D eigenvalue weighted by Crippen LogP contribution is 2.48. The fraction of sp³-hybridized carbons (Fsp3) is 0.481. The minimum Gasteiger partial charge on any atom is -0.433 e. The molecule has 1 saturated heterocycles. The number of amides is 2. The number of hydrogen-bond donors (Lipinski definition) is 3. The predicted octanol–water partition coefficient (Wildman–Crippen LogP) is 4.49. The van der Waals surface area contributed by atoms with Gasteiger partial charge in [0.1, 0.15) is 5.54 Å². The Balaban J connectivity index is 1.26. The number of halogens is 3. The second-order valence-electron chi connectivity index (χ2n) is 10.7. The number of ether oxygens (including phenoxy) is 1. The molecule has 5 rings (SSSR count). The molecular weight excluding hydrogens is 525 g/mol. The zero-order valence-corrected chi connectivity index (χ0v) is 22.7. The van der Waals surface area contributed by atoms with Crippen molar-refractivity contribution in [3.05, 3.63) is 47.4 Å². The summed E-state index contributed by atoms with van der Waals surface area (Å²) in [5.41, 5.74) is 7.73. The third-order valence-corrected chi connectivity index (χ3v) is 7.68. The molecule has 1 saturated carbocycles. The lowest BCUT2D eigenvalue weighted by Crippen LogP contribution is -2.51. The van der Waals surface area contributed by atoms with E-state index in [0.29, 0.717) is 17.5 Å². The molecule has 13 heteroatoms. The van der Waals surface area contributed by atoms with Crippen LogP contribution in [0.5, 0.6) is 11.6 Å². The Morgan fingerprint density at radius 3 is 2.48 bits per heavy atom. The molecule has 1 aromatic carbocycles. The van der Waals surface area contributed by atoms with Crippen LogP contribution in [0, 0.1) is 13.8 Å². The number of alkyl halides is 3. The number of benzene rings is 1. The molecule has 0 unspecified atom stereocenters. The number of nitrogen functional groups attached to an aromatic ring is 1. The minimum absolute atomic E-state index is 0.0841. The number of carbonyl (C=O) groups is 1. The molecule has 2 aromatic heterocycles. The first-order chi connectivity index (χ1) is 18.9. The van der Waals surface area contributed by atoms with Gasteiger partial charge < -0.3 is 26.0 Å². The maximum atomic E-state index is 13.1. The molecular formula is C27H33F3N8O2. The largest absolute Gasteiger partial charge is 0.433 e. The maximum absolute atomic E-state index is 13.1. The van der Waals surface area contributed by atoms with E-state index in [0.717, 1.165) is 48.2 Å². The van der Waals surface area contributed by atoms with E-state index in [4.69, 9.17) is 10.5 Å². The summed E-state index contributed by atoms with van der Waals surface area (Å²) in [6.45, 7) is 5.84. The van der Waals surface area contributed by atoms with Crippen LogP contribution in [0.4, 0.5) is 23.8 Å². The van der Waals surface area contributed by atoms with Crippen LogP contribution in [0.3, 0.4) is 0 Å². The molecule has 0 bridgehead atoms. The van der Waals surface area contributed by atoms with Gasteiger partial charge in [-0.25, -0.2) is 14.8 Å². The number of aromatic nitrogens is 4. The van der Waals surface area contributed by atoms with Gasteiger partial charge in [-0.15, -0.1) is 0 Å². The van der Waals surface area contributed by atoms with Crippen molar-refractivity contribution in [1.82, 2.24) is 35.3 Å². The van der Waals surface area contributed by atoms with Gasteiger partial charge in [-0.1, -0.05) is 0 Å². The highest BCUT2D eigenvalue weighted by Gasteiger charge is 2.64. The summed E-state index contributed by atoms with van der Waals surface area (Å²) in [6, 6.07) is 3.22. The monoisotopic (exact) mass is 558 g/mol. The number of likely N-dealkylation sites (tertiary alicyclic amines) is 1. The minimum atomic E-state index is -4.46. The molecule has 40 heavy (non-hydrogen) atoms. The smallest absolute Gasteiger partial charge is 0.411 e. The third kappa shape index (κ3) is 5.83. The highest BCUT2D eigenvalue weighted by atomic mass is 19.4. The number of rotatable bonds is 7. The van der Waals surface area contributed by atoms with E-state index >= 15 is 0 Å². The Hall–Kier alpha value is -3.87. The number of hydrogen-bond acceptors (Lipinski definition) is 7. The van der Waals surface area contributed by atoms with E-state index < -0.39 is 17.7 Å². The molecule has 4 N–H and O–H groups in total. The summed E-state index contributed by atoms with van der Waals surface area (Å²) in [5, 5.41) is 9.10. The van der Waals surface area contributed by atoms with Crippen molar-refractivity contribution in [2.45, 2.75) is 63.8 Å². The molecule has 2 amide bonds. The predicted molar refractivity (Wildman–Crippen MR) is 143 cm³/mol. The molecule has 10 nitrogen and oxygen atoms in total. The van der Waals surface area contributed by atoms with E-state index in [2.05, 4.69) is 37.6 Å². The molecule has 1 aliphatic heterocycles. The van der Waals surface area contributed by atoms with Crippen molar-refractivity contribution in [3.63, 3.8) is 0 Å². The number of nitrogens with zero attached hydrogens (tertiary/aromatic N) is 5. The number of nitrogens with one attached hydrogen (secondary N) is 2. The average Bonchev–Trinajstić information content (AvgIpc) is 3.54. The Morgan fingerprint density at radius 2 is 1.85 bits per heavy atom. The second kappa shape index (κ2) is 10.6. The van der Waals surface area contributed by atoms with Crippen molar-refractivity contribution in [2.24, 2.45) is 0 Å². The quantitative estimate of drug-likeness (QED) is 0.390. The van der Waals surface area contributed by atoms with Gasteiger partial charge in [0.25, 0.3) is 5.88 Å². The van der Waals surface area contributed by atoms with Crippen LogP contribution in [0.1, 0.15) is 48.4 Å². The van der Waals surface area contributed by atoms with Crippen LogP contribution in [-0.2, 0) is 6.54 Å². The van der Waals surface area contributed by atoms with E-state index in [1.807, 2.05) is 36.9 Å². The zero-order chi connectivity index (χ0) is 28.7. The SMILES string of the molecule is Cc1cc(-c2cnc(N)c(Oc3cnn(C4CCN(C)CC4)c3)n2)cc(C)c1CNC(=O)NC1(C(F)(F)F)CC1. The van der Waals surface area contributed by atoms with Gasteiger partial charge in [0, 0.05) is 12.1 Å². The Bertz CT molecular complexity index is 1370. The lowest BCUT2D eigenvalue weighted by atomic mass is 9.98. The first-order valence-corrected chi connectivity index (χ1v) is 13.2. The fourth-order valence-electron chi connectivity index (χ4n) is 4.99. The molecule has 2 fully saturated rings. The number of piperidine rings is 1. The Morgan fingerprint density at radius 1 is 1.18 bits per heavy atom. The van der Waals surface area contributed by atoms with E-state index in [9.17, 15) is 18.0 Å². The van der Waals surface area contributed by atoms with Gasteiger partial charge in [-0.2, -0.15) is 18.3 Å². The summed E-state index contributed by atoms with van der Waals surface area (Å²) in [6.07, 6.45) is 2.38. The number of urea groups is 1. The van der Waals surface area contributed by atoms with Gasteiger partial charge in [0.2, 0.25) is 0 Å². The number of aryl methyl sites for hydroxylation is 2. The summed E-state index contributed by atoms with van der Waals surface area (Å²) < 4.78 is 47.3. The molecule has 3 heterocycles. The van der Waals surface area contributed by atoms with Gasteiger partial charge in [0.05, 0.1) is 30.3 Å². The van der Waals surface area contributed by atoms with E-state index in [1.54, 1.807) is 12.4 Å². The van der Waals surface area contributed by atoms with Crippen LogP contribution < -0.4 is 21.1 Å². The van der Waals surface area contributed by atoms with Crippen molar-refractivity contribution in [3.8, 4) is 22.9 Å². The molecule has 2 aliphatic rings. The first-order valence-electron chi connectivity index (χ1n) is 13.2. The topological polar surface area (TPSA) is 123 Å². The Labute approximate surface area is 230 Å². The van der Waals surface area contributed by atoms with E-state index in [1.165, 1.54) is 0 Å². The van der Waals surface area contributed by atoms with Crippen molar-refractivity contribution >= 4 is 11.8 Å². The Kier molecular flexibility index (Phi) is 7.34. The number of carbonyl (C=O) groups excluding carboxylic acids is 1. The fourth-order valence-corrected chi connectivity index (χ4v) is 4.99.